The summed E-state index contributed by atoms with van der Waals surface area (Å²) in [4.78, 5) is 4.27. The first-order valence-electron chi connectivity index (χ1n) is 8.76. The maximum Gasteiger partial charge on any atom is 0.191 e. The van der Waals surface area contributed by atoms with Gasteiger partial charge >= 0.3 is 0 Å². The van der Waals surface area contributed by atoms with Gasteiger partial charge < -0.3 is 24.8 Å². The SMILES string of the molecule is CN=C(NCc1cc(Cl)c2c(c1)OCCO2)NCc1ccc(C)cc1OC. The fraction of sp³-hybridized carbons (Fsp3) is 0.350. The van der Waals surface area contributed by atoms with Crippen molar-refractivity contribution in [2.75, 3.05) is 27.4 Å². The molecule has 144 valence electrons. The van der Waals surface area contributed by atoms with Gasteiger partial charge in [-0.15, -0.1) is 0 Å². The summed E-state index contributed by atoms with van der Waals surface area (Å²) in [5, 5.41) is 7.13. The molecule has 0 saturated carbocycles. The summed E-state index contributed by atoms with van der Waals surface area (Å²) in [6, 6.07) is 9.94. The Kier molecular flexibility index (Phi) is 6.29. The Morgan fingerprint density at radius 3 is 2.70 bits per heavy atom. The molecular formula is C20H24ClN3O3. The number of hydrogen-bond acceptors (Lipinski definition) is 4. The van der Waals surface area contributed by atoms with Crippen molar-refractivity contribution in [2.45, 2.75) is 20.0 Å². The van der Waals surface area contributed by atoms with Crippen LogP contribution >= 0.6 is 11.6 Å². The van der Waals surface area contributed by atoms with Gasteiger partial charge in [-0.05, 0) is 36.2 Å². The Labute approximate surface area is 164 Å². The van der Waals surface area contributed by atoms with Crippen LogP contribution in [0, 0.1) is 6.92 Å². The number of aryl methyl sites for hydroxylation is 1. The smallest absolute Gasteiger partial charge is 0.191 e. The van der Waals surface area contributed by atoms with Gasteiger partial charge in [0, 0.05) is 25.7 Å². The number of ether oxygens (including phenoxy) is 3. The van der Waals surface area contributed by atoms with Gasteiger partial charge in [0.15, 0.2) is 17.5 Å². The molecule has 7 heteroatoms. The Bertz CT molecular complexity index is 839. The Balaban J connectivity index is 1.61. The first-order valence-corrected chi connectivity index (χ1v) is 9.14. The number of fused-ring (bicyclic) bond motifs is 1. The molecule has 1 heterocycles. The summed E-state index contributed by atoms with van der Waals surface area (Å²) in [5.41, 5.74) is 3.21. The van der Waals surface area contributed by atoms with Crippen LogP contribution in [0.3, 0.4) is 0 Å². The van der Waals surface area contributed by atoms with E-state index in [9.17, 15) is 0 Å². The molecule has 0 unspecified atom stereocenters. The molecule has 1 aliphatic heterocycles. The van der Waals surface area contributed by atoms with E-state index < -0.39 is 0 Å². The van der Waals surface area contributed by atoms with Crippen LogP contribution in [0.15, 0.2) is 35.3 Å². The minimum absolute atomic E-state index is 0.517. The molecule has 0 spiro atoms. The van der Waals surface area contributed by atoms with E-state index in [0.717, 1.165) is 22.4 Å². The van der Waals surface area contributed by atoms with Gasteiger partial charge in [0.2, 0.25) is 0 Å². The van der Waals surface area contributed by atoms with Crippen LogP contribution in [-0.2, 0) is 13.1 Å². The van der Waals surface area contributed by atoms with Crippen LogP contribution in [0.25, 0.3) is 0 Å². The first kappa shape index (κ1) is 19.2. The van der Waals surface area contributed by atoms with E-state index in [0.29, 0.717) is 48.8 Å². The highest BCUT2D eigenvalue weighted by atomic mass is 35.5. The van der Waals surface area contributed by atoms with Crippen molar-refractivity contribution in [3.05, 3.63) is 52.0 Å². The summed E-state index contributed by atoms with van der Waals surface area (Å²) >= 11 is 6.29. The molecule has 2 aromatic rings. The number of methoxy groups -OCH3 is 1. The van der Waals surface area contributed by atoms with Crippen molar-refractivity contribution in [3.8, 4) is 17.2 Å². The zero-order valence-electron chi connectivity index (χ0n) is 15.8. The van der Waals surface area contributed by atoms with Crippen molar-refractivity contribution >= 4 is 17.6 Å². The molecule has 3 rings (SSSR count). The summed E-state index contributed by atoms with van der Waals surface area (Å²) in [7, 11) is 3.41. The number of benzene rings is 2. The second-order valence-corrected chi connectivity index (χ2v) is 6.60. The molecule has 0 aromatic heterocycles. The van der Waals surface area contributed by atoms with E-state index in [1.165, 1.54) is 0 Å². The molecule has 2 N–H and O–H groups in total. The monoisotopic (exact) mass is 389 g/mol. The molecule has 0 saturated heterocycles. The number of nitrogens with one attached hydrogen (secondary N) is 2. The normalized spacial score (nSPS) is 13.3. The van der Waals surface area contributed by atoms with Crippen LogP contribution in [-0.4, -0.2) is 33.3 Å². The van der Waals surface area contributed by atoms with Gasteiger partial charge in [-0.2, -0.15) is 0 Å². The van der Waals surface area contributed by atoms with Crippen molar-refractivity contribution in [1.29, 1.82) is 0 Å². The van der Waals surface area contributed by atoms with Gasteiger partial charge in [-0.3, -0.25) is 4.99 Å². The van der Waals surface area contributed by atoms with E-state index in [1.54, 1.807) is 14.2 Å². The average Bonchev–Trinajstić information content (AvgIpc) is 2.69. The first-order chi connectivity index (χ1) is 13.1. The standard InChI is InChI=1S/C20H24ClN3O3/c1-13-4-5-15(17(8-13)25-3)12-24-20(22-2)23-11-14-9-16(21)19-18(10-14)26-6-7-27-19/h4-5,8-10H,6-7,11-12H2,1-3H3,(H2,22,23,24). The maximum absolute atomic E-state index is 6.29. The van der Waals surface area contributed by atoms with Gasteiger partial charge in [-0.1, -0.05) is 23.7 Å². The largest absolute Gasteiger partial charge is 0.496 e. The summed E-state index contributed by atoms with van der Waals surface area (Å²) in [5.74, 6) is 2.83. The van der Waals surface area contributed by atoms with Gasteiger partial charge in [0.05, 0.1) is 12.1 Å². The van der Waals surface area contributed by atoms with Crippen LogP contribution in [0.2, 0.25) is 5.02 Å². The molecule has 27 heavy (non-hydrogen) atoms. The predicted octanol–water partition coefficient (Wildman–Crippen LogP) is 3.29. The van der Waals surface area contributed by atoms with Gasteiger partial charge in [-0.25, -0.2) is 0 Å². The van der Waals surface area contributed by atoms with E-state index in [-0.39, 0.29) is 0 Å². The predicted molar refractivity (Wildman–Crippen MR) is 107 cm³/mol. The van der Waals surface area contributed by atoms with Crippen LogP contribution in [0.1, 0.15) is 16.7 Å². The maximum atomic E-state index is 6.29. The Hall–Kier alpha value is -2.60. The van der Waals surface area contributed by atoms with Crippen molar-refractivity contribution < 1.29 is 14.2 Å². The van der Waals surface area contributed by atoms with E-state index in [4.69, 9.17) is 25.8 Å². The number of hydrogen-bond donors (Lipinski definition) is 2. The van der Waals surface area contributed by atoms with Gasteiger partial charge in [0.25, 0.3) is 0 Å². The molecular weight excluding hydrogens is 366 g/mol. The summed E-state index contributed by atoms with van der Waals surface area (Å²) in [6.45, 7) is 4.25. The molecule has 0 radical (unpaired) electrons. The number of nitrogens with zero attached hydrogens (tertiary/aromatic N) is 1. The Morgan fingerprint density at radius 2 is 1.93 bits per heavy atom. The number of rotatable bonds is 5. The Morgan fingerprint density at radius 1 is 1.15 bits per heavy atom. The van der Waals surface area contributed by atoms with Crippen molar-refractivity contribution in [3.63, 3.8) is 0 Å². The highest BCUT2D eigenvalue weighted by Gasteiger charge is 2.16. The highest BCUT2D eigenvalue weighted by Crippen LogP contribution is 2.38. The lowest BCUT2D eigenvalue weighted by Crippen LogP contribution is -2.36. The minimum atomic E-state index is 0.517. The molecule has 0 atom stereocenters. The lowest BCUT2D eigenvalue weighted by molar-refractivity contribution is 0.171. The van der Waals surface area contributed by atoms with Crippen molar-refractivity contribution in [2.24, 2.45) is 4.99 Å². The summed E-state index contributed by atoms with van der Waals surface area (Å²) in [6.07, 6.45) is 0. The number of halogens is 1. The third-order valence-corrected chi connectivity index (χ3v) is 4.51. The van der Waals surface area contributed by atoms with Crippen LogP contribution < -0.4 is 24.8 Å². The number of guanidine groups is 1. The molecule has 2 aromatic carbocycles. The third-order valence-electron chi connectivity index (χ3n) is 4.23. The van der Waals surface area contributed by atoms with Crippen LogP contribution in [0.4, 0.5) is 0 Å². The number of aliphatic imine (C=N–C) groups is 1. The molecule has 1 aliphatic rings. The molecule has 6 nitrogen and oxygen atoms in total. The average molecular weight is 390 g/mol. The van der Waals surface area contributed by atoms with E-state index in [2.05, 4.69) is 27.8 Å². The van der Waals surface area contributed by atoms with Crippen molar-refractivity contribution in [1.82, 2.24) is 10.6 Å². The van der Waals surface area contributed by atoms with E-state index >= 15 is 0 Å². The van der Waals surface area contributed by atoms with Gasteiger partial charge in [0.1, 0.15) is 19.0 Å². The lowest BCUT2D eigenvalue weighted by atomic mass is 10.1. The zero-order valence-corrected chi connectivity index (χ0v) is 16.5. The minimum Gasteiger partial charge on any atom is -0.496 e. The third kappa shape index (κ3) is 4.77. The second kappa shape index (κ2) is 8.86. The summed E-state index contributed by atoms with van der Waals surface area (Å²) < 4.78 is 16.6. The molecule has 0 amide bonds. The zero-order chi connectivity index (χ0) is 19.2. The highest BCUT2D eigenvalue weighted by molar-refractivity contribution is 6.32. The van der Waals surface area contributed by atoms with Crippen LogP contribution in [0.5, 0.6) is 17.2 Å². The quantitative estimate of drug-likeness (QED) is 0.607. The lowest BCUT2D eigenvalue weighted by Gasteiger charge is -2.20. The second-order valence-electron chi connectivity index (χ2n) is 6.20. The van der Waals surface area contributed by atoms with E-state index in [1.807, 2.05) is 25.1 Å². The topological polar surface area (TPSA) is 64.1 Å². The fourth-order valence-electron chi connectivity index (χ4n) is 2.85. The fourth-order valence-corrected chi connectivity index (χ4v) is 3.14. The molecule has 0 aliphatic carbocycles. The molecule has 0 fully saturated rings. The molecule has 0 bridgehead atoms.